The fourth-order valence-corrected chi connectivity index (χ4v) is 0.892. The summed E-state index contributed by atoms with van der Waals surface area (Å²) in [5, 5.41) is 11.6. The molecule has 0 spiro atoms. The van der Waals surface area contributed by atoms with Gasteiger partial charge in [-0.2, -0.15) is 0 Å². The molecule has 4 nitrogen and oxygen atoms in total. The summed E-state index contributed by atoms with van der Waals surface area (Å²) >= 11 is 0. The normalized spacial score (nSPS) is 19.7. The van der Waals surface area contributed by atoms with Crippen molar-refractivity contribution in [1.82, 2.24) is 5.32 Å². The Hall–Kier alpha value is -0.610. The van der Waals surface area contributed by atoms with Crippen molar-refractivity contribution >= 4 is 5.97 Å². The first-order valence-corrected chi connectivity index (χ1v) is 3.72. The molecule has 0 bridgehead atoms. The van der Waals surface area contributed by atoms with Crippen molar-refractivity contribution in [1.29, 1.82) is 0 Å². The van der Waals surface area contributed by atoms with Gasteiger partial charge >= 0.3 is 5.97 Å². The fraction of sp³-hybridized carbons (Fsp3) is 0.857. The van der Waals surface area contributed by atoms with E-state index in [9.17, 15) is 4.79 Å². The van der Waals surface area contributed by atoms with Gasteiger partial charge in [0.1, 0.15) is 6.04 Å². The molecule has 0 aromatic carbocycles. The Morgan fingerprint density at radius 3 is 2.82 bits per heavy atom. The van der Waals surface area contributed by atoms with Crippen LogP contribution >= 0.6 is 0 Å². The van der Waals surface area contributed by atoms with Gasteiger partial charge in [0, 0.05) is 13.2 Å². The highest BCUT2D eigenvalue weighted by atomic mass is 16.5. The van der Waals surface area contributed by atoms with E-state index in [1.165, 1.54) is 7.11 Å². The molecule has 0 aromatic heterocycles. The van der Waals surface area contributed by atoms with Crippen LogP contribution in [-0.2, 0) is 9.53 Å². The van der Waals surface area contributed by atoms with Crippen LogP contribution in [0.2, 0.25) is 0 Å². The molecule has 1 aliphatic carbocycles. The zero-order valence-electron chi connectivity index (χ0n) is 6.54. The van der Waals surface area contributed by atoms with Crippen molar-refractivity contribution in [3.05, 3.63) is 0 Å². The molecule has 1 rings (SSSR count). The SMILES string of the molecule is COC[C@@H](NC1CC1)C(=O)O. The standard InChI is InChI=1S/C7H13NO3/c1-11-4-6(7(9)10)8-5-2-3-5/h5-6,8H,2-4H2,1H3,(H,9,10)/t6-/m1/s1. The topological polar surface area (TPSA) is 58.6 Å². The highest BCUT2D eigenvalue weighted by Gasteiger charge is 2.27. The Morgan fingerprint density at radius 2 is 2.45 bits per heavy atom. The second kappa shape index (κ2) is 3.69. The van der Waals surface area contributed by atoms with E-state index in [1.807, 2.05) is 0 Å². The van der Waals surface area contributed by atoms with Crippen molar-refractivity contribution in [2.75, 3.05) is 13.7 Å². The van der Waals surface area contributed by atoms with E-state index in [1.54, 1.807) is 0 Å². The summed E-state index contributed by atoms with van der Waals surface area (Å²) in [6, 6.07) is -0.126. The highest BCUT2D eigenvalue weighted by Crippen LogP contribution is 2.19. The highest BCUT2D eigenvalue weighted by molar-refractivity contribution is 5.73. The summed E-state index contributed by atoms with van der Waals surface area (Å²) < 4.78 is 4.75. The smallest absolute Gasteiger partial charge is 0.323 e. The molecular formula is C7H13NO3. The molecule has 0 unspecified atom stereocenters. The summed E-state index contributed by atoms with van der Waals surface area (Å²) in [7, 11) is 1.50. The molecule has 0 radical (unpaired) electrons. The molecule has 2 N–H and O–H groups in total. The number of ether oxygens (including phenoxy) is 1. The second-order valence-electron chi connectivity index (χ2n) is 2.79. The number of carboxylic acid groups (broad SMARTS) is 1. The molecule has 0 aliphatic heterocycles. The van der Waals surface area contributed by atoms with Gasteiger partial charge in [-0.15, -0.1) is 0 Å². The van der Waals surface area contributed by atoms with E-state index in [0.29, 0.717) is 6.04 Å². The van der Waals surface area contributed by atoms with Crippen LogP contribution in [0.5, 0.6) is 0 Å². The maximum atomic E-state index is 10.5. The Kier molecular flexibility index (Phi) is 2.84. The predicted molar refractivity (Wildman–Crippen MR) is 39.5 cm³/mol. The van der Waals surface area contributed by atoms with E-state index in [4.69, 9.17) is 9.84 Å². The van der Waals surface area contributed by atoms with Crippen molar-refractivity contribution in [3.8, 4) is 0 Å². The molecule has 1 atom stereocenters. The van der Waals surface area contributed by atoms with Gasteiger partial charge in [0.05, 0.1) is 6.61 Å². The lowest BCUT2D eigenvalue weighted by atomic mass is 10.3. The molecule has 0 amide bonds. The van der Waals surface area contributed by atoms with Crippen molar-refractivity contribution in [2.24, 2.45) is 0 Å². The number of carboxylic acids is 1. The zero-order valence-corrected chi connectivity index (χ0v) is 6.54. The third kappa shape index (κ3) is 2.86. The largest absolute Gasteiger partial charge is 0.480 e. The number of carbonyl (C=O) groups is 1. The van der Waals surface area contributed by atoms with Crippen LogP contribution in [0.4, 0.5) is 0 Å². The van der Waals surface area contributed by atoms with Crippen LogP contribution in [-0.4, -0.2) is 36.9 Å². The molecule has 0 heterocycles. The molecule has 11 heavy (non-hydrogen) atoms. The first-order chi connectivity index (χ1) is 5.24. The van der Waals surface area contributed by atoms with Crippen LogP contribution in [0, 0.1) is 0 Å². The lowest BCUT2D eigenvalue weighted by Crippen LogP contribution is -2.41. The van der Waals surface area contributed by atoms with Gasteiger partial charge in [0.25, 0.3) is 0 Å². The average Bonchev–Trinajstić information content (AvgIpc) is 2.70. The molecule has 1 saturated carbocycles. The van der Waals surface area contributed by atoms with E-state index < -0.39 is 12.0 Å². The summed E-state index contributed by atoms with van der Waals surface area (Å²) in [5.74, 6) is -0.834. The minimum absolute atomic E-state index is 0.242. The molecule has 0 saturated heterocycles. The van der Waals surface area contributed by atoms with Crippen LogP contribution in [0.3, 0.4) is 0 Å². The lowest BCUT2D eigenvalue weighted by molar-refractivity contribution is -0.140. The minimum Gasteiger partial charge on any atom is -0.480 e. The predicted octanol–water partition coefficient (Wildman–Crippen LogP) is -0.162. The average molecular weight is 159 g/mol. The van der Waals surface area contributed by atoms with Gasteiger partial charge in [-0.1, -0.05) is 0 Å². The van der Waals surface area contributed by atoms with E-state index in [2.05, 4.69) is 5.32 Å². The van der Waals surface area contributed by atoms with E-state index in [0.717, 1.165) is 12.8 Å². The number of hydrogen-bond acceptors (Lipinski definition) is 3. The quantitative estimate of drug-likeness (QED) is 0.585. The molecule has 0 aromatic rings. The first kappa shape index (κ1) is 8.49. The van der Waals surface area contributed by atoms with Crippen LogP contribution in [0.1, 0.15) is 12.8 Å². The summed E-state index contributed by atoms with van der Waals surface area (Å²) in [6.45, 7) is 0.242. The summed E-state index contributed by atoms with van der Waals surface area (Å²) in [4.78, 5) is 10.5. The Bertz CT molecular complexity index is 145. The molecule has 1 aliphatic rings. The van der Waals surface area contributed by atoms with Gasteiger partial charge in [0.15, 0.2) is 0 Å². The molecule has 4 heteroatoms. The third-order valence-corrected chi connectivity index (χ3v) is 1.65. The van der Waals surface area contributed by atoms with Gasteiger partial charge in [0.2, 0.25) is 0 Å². The maximum absolute atomic E-state index is 10.5. The number of hydrogen-bond donors (Lipinski definition) is 2. The van der Waals surface area contributed by atoms with Crippen LogP contribution in [0.25, 0.3) is 0 Å². The summed E-state index contributed by atoms with van der Waals surface area (Å²) in [5.41, 5.74) is 0. The maximum Gasteiger partial charge on any atom is 0.323 e. The second-order valence-corrected chi connectivity index (χ2v) is 2.79. The lowest BCUT2D eigenvalue weighted by Gasteiger charge is -2.11. The minimum atomic E-state index is -0.834. The number of aliphatic carboxylic acids is 1. The van der Waals surface area contributed by atoms with E-state index in [-0.39, 0.29) is 6.61 Å². The number of nitrogens with one attached hydrogen (secondary N) is 1. The van der Waals surface area contributed by atoms with Gasteiger partial charge in [-0.25, -0.2) is 0 Å². The third-order valence-electron chi connectivity index (χ3n) is 1.65. The van der Waals surface area contributed by atoms with Gasteiger partial charge in [-0.3, -0.25) is 10.1 Å². The zero-order chi connectivity index (χ0) is 8.27. The number of rotatable bonds is 5. The molecule has 64 valence electrons. The van der Waals surface area contributed by atoms with Crippen LogP contribution < -0.4 is 5.32 Å². The van der Waals surface area contributed by atoms with Crippen molar-refractivity contribution < 1.29 is 14.6 Å². The van der Waals surface area contributed by atoms with E-state index >= 15 is 0 Å². The van der Waals surface area contributed by atoms with Gasteiger partial charge < -0.3 is 9.84 Å². The molecular weight excluding hydrogens is 146 g/mol. The van der Waals surface area contributed by atoms with Crippen molar-refractivity contribution in [3.63, 3.8) is 0 Å². The fourth-order valence-electron chi connectivity index (χ4n) is 0.892. The number of methoxy groups -OCH3 is 1. The Morgan fingerprint density at radius 1 is 1.82 bits per heavy atom. The molecule has 1 fully saturated rings. The van der Waals surface area contributed by atoms with Gasteiger partial charge in [-0.05, 0) is 12.8 Å². The monoisotopic (exact) mass is 159 g/mol. The summed E-state index contributed by atoms with van der Waals surface area (Å²) in [6.07, 6.45) is 2.18. The van der Waals surface area contributed by atoms with Crippen LogP contribution in [0.15, 0.2) is 0 Å². The van der Waals surface area contributed by atoms with Crippen molar-refractivity contribution in [2.45, 2.75) is 24.9 Å². The first-order valence-electron chi connectivity index (χ1n) is 3.72. The Balaban J connectivity index is 2.24. The Labute approximate surface area is 65.5 Å².